The standard InChI is InChI=1S/C10H21N3O3/c1-5-13(10(14)16-7(2)3)6-8(4)9(11)12-15/h7-8,15H,5-6H2,1-4H3,(H2,11,12). The molecule has 0 aliphatic rings. The highest BCUT2D eigenvalue weighted by molar-refractivity contribution is 5.82. The van der Waals surface area contributed by atoms with Crippen molar-refractivity contribution in [1.29, 1.82) is 0 Å². The maximum absolute atomic E-state index is 11.6. The van der Waals surface area contributed by atoms with Gasteiger partial charge in [-0.25, -0.2) is 4.79 Å². The molecule has 0 saturated heterocycles. The first-order valence-electron chi connectivity index (χ1n) is 5.35. The first kappa shape index (κ1) is 14.5. The maximum Gasteiger partial charge on any atom is 0.410 e. The Balaban J connectivity index is 4.35. The van der Waals surface area contributed by atoms with E-state index in [1.165, 1.54) is 4.90 Å². The van der Waals surface area contributed by atoms with E-state index in [-0.39, 0.29) is 24.0 Å². The molecule has 16 heavy (non-hydrogen) atoms. The maximum atomic E-state index is 11.6. The summed E-state index contributed by atoms with van der Waals surface area (Å²) in [6, 6.07) is 0. The van der Waals surface area contributed by atoms with Gasteiger partial charge in [0.05, 0.1) is 6.10 Å². The molecule has 0 bridgehead atoms. The number of carbonyl (C=O) groups is 1. The average Bonchev–Trinajstić information content (AvgIpc) is 2.23. The molecule has 0 aliphatic heterocycles. The van der Waals surface area contributed by atoms with Crippen LogP contribution in [0.3, 0.4) is 0 Å². The van der Waals surface area contributed by atoms with Crippen LogP contribution in [0.4, 0.5) is 4.79 Å². The lowest BCUT2D eigenvalue weighted by molar-refractivity contribution is 0.0764. The van der Waals surface area contributed by atoms with E-state index in [2.05, 4.69) is 5.16 Å². The summed E-state index contributed by atoms with van der Waals surface area (Å²) in [5.41, 5.74) is 5.44. The van der Waals surface area contributed by atoms with Gasteiger partial charge < -0.3 is 20.6 Å². The third kappa shape index (κ3) is 4.86. The molecule has 0 aromatic carbocycles. The SMILES string of the molecule is CCN(CC(C)C(N)=NO)C(=O)OC(C)C. The highest BCUT2D eigenvalue weighted by atomic mass is 16.6. The molecule has 0 radical (unpaired) electrons. The molecule has 0 saturated carbocycles. The second-order valence-corrected chi connectivity index (χ2v) is 3.90. The molecule has 1 atom stereocenters. The van der Waals surface area contributed by atoms with Crippen molar-refractivity contribution in [2.24, 2.45) is 16.8 Å². The molecule has 0 spiro atoms. The lowest BCUT2D eigenvalue weighted by Gasteiger charge is -2.24. The Hall–Kier alpha value is -1.46. The second kappa shape index (κ2) is 6.92. The number of hydrogen-bond donors (Lipinski definition) is 2. The fourth-order valence-electron chi connectivity index (χ4n) is 1.13. The topological polar surface area (TPSA) is 88.1 Å². The van der Waals surface area contributed by atoms with Crippen molar-refractivity contribution < 1.29 is 14.7 Å². The average molecular weight is 231 g/mol. The third-order valence-electron chi connectivity index (χ3n) is 2.09. The molecular formula is C10H21N3O3. The molecule has 0 aromatic rings. The minimum absolute atomic E-state index is 0.107. The number of oxime groups is 1. The van der Waals surface area contributed by atoms with Crippen molar-refractivity contribution in [1.82, 2.24) is 4.90 Å². The van der Waals surface area contributed by atoms with Crippen LogP contribution in [0.15, 0.2) is 5.16 Å². The van der Waals surface area contributed by atoms with Gasteiger partial charge in [0.15, 0.2) is 0 Å². The van der Waals surface area contributed by atoms with Gasteiger partial charge in [-0.3, -0.25) is 0 Å². The van der Waals surface area contributed by atoms with Gasteiger partial charge in [-0.05, 0) is 20.8 Å². The van der Waals surface area contributed by atoms with Crippen LogP contribution < -0.4 is 5.73 Å². The summed E-state index contributed by atoms with van der Waals surface area (Å²) in [5.74, 6) is -0.0968. The van der Waals surface area contributed by atoms with Crippen LogP contribution in [-0.2, 0) is 4.74 Å². The van der Waals surface area contributed by atoms with Gasteiger partial charge >= 0.3 is 6.09 Å². The van der Waals surface area contributed by atoms with Gasteiger partial charge in [0.1, 0.15) is 5.84 Å². The fourth-order valence-corrected chi connectivity index (χ4v) is 1.13. The van der Waals surface area contributed by atoms with Crippen molar-refractivity contribution in [3.05, 3.63) is 0 Å². The number of rotatable bonds is 5. The number of carbonyl (C=O) groups excluding carboxylic acids is 1. The summed E-state index contributed by atoms with van der Waals surface area (Å²) in [7, 11) is 0. The van der Waals surface area contributed by atoms with E-state index in [0.717, 1.165) is 0 Å². The molecule has 0 aromatic heterocycles. The molecule has 94 valence electrons. The summed E-state index contributed by atoms with van der Waals surface area (Å²) < 4.78 is 5.06. The van der Waals surface area contributed by atoms with E-state index in [0.29, 0.717) is 13.1 Å². The Morgan fingerprint density at radius 2 is 2.06 bits per heavy atom. The molecule has 0 rings (SSSR count). The van der Waals surface area contributed by atoms with Crippen molar-refractivity contribution in [3.8, 4) is 0 Å². The Bertz CT molecular complexity index is 254. The van der Waals surface area contributed by atoms with Crippen molar-refractivity contribution in [2.45, 2.75) is 33.8 Å². The fraction of sp³-hybridized carbons (Fsp3) is 0.800. The van der Waals surface area contributed by atoms with Gasteiger partial charge in [0.25, 0.3) is 0 Å². The monoisotopic (exact) mass is 231 g/mol. The van der Waals surface area contributed by atoms with E-state index in [1.807, 2.05) is 6.92 Å². The molecule has 0 heterocycles. The minimum Gasteiger partial charge on any atom is -0.447 e. The van der Waals surface area contributed by atoms with E-state index in [9.17, 15) is 4.79 Å². The molecule has 3 N–H and O–H groups in total. The van der Waals surface area contributed by atoms with Crippen LogP contribution >= 0.6 is 0 Å². The number of amidine groups is 1. The van der Waals surface area contributed by atoms with Crippen molar-refractivity contribution in [3.63, 3.8) is 0 Å². The highest BCUT2D eigenvalue weighted by Gasteiger charge is 2.19. The van der Waals surface area contributed by atoms with Crippen LogP contribution in [0.1, 0.15) is 27.7 Å². The molecule has 6 nitrogen and oxygen atoms in total. The second-order valence-electron chi connectivity index (χ2n) is 3.90. The molecule has 6 heteroatoms. The van der Waals surface area contributed by atoms with Crippen molar-refractivity contribution in [2.75, 3.05) is 13.1 Å². The zero-order valence-corrected chi connectivity index (χ0v) is 10.3. The Labute approximate surface area is 96.0 Å². The van der Waals surface area contributed by atoms with Crippen LogP contribution in [0.5, 0.6) is 0 Å². The first-order valence-corrected chi connectivity index (χ1v) is 5.35. The van der Waals surface area contributed by atoms with Gasteiger partial charge in [-0.2, -0.15) is 0 Å². The number of hydrogen-bond acceptors (Lipinski definition) is 4. The van der Waals surface area contributed by atoms with E-state index in [1.54, 1.807) is 20.8 Å². The molecular weight excluding hydrogens is 210 g/mol. The summed E-state index contributed by atoms with van der Waals surface area (Å²) in [4.78, 5) is 13.1. The molecule has 1 amide bonds. The van der Waals surface area contributed by atoms with Gasteiger partial charge in [-0.1, -0.05) is 12.1 Å². The van der Waals surface area contributed by atoms with Gasteiger partial charge in [0, 0.05) is 19.0 Å². The summed E-state index contributed by atoms with van der Waals surface area (Å²) in [5, 5.41) is 11.4. The third-order valence-corrected chi connectivity index (χ3v) is 2.09. The zero-order chi connectivity index (χ0) is 12.7. The van der Waals surface area contributed by atoms with Gasteiger partial charge in [-0.15, -0.1) is 0 Å². The lowest BCUT2D eigenvalue weighted by atomic mass is 10.1. The Morgan fingerprint density at radius 1 is 1.50 bits per heavy atom. The largest absolute Gasteiger partial charge is 0.447 e. The summed E-state index contributed by atoms with van der Waals surface area (Å²) >= 11 is 0. The highest BCUT2D eigenvalue weighted by Crippen LogP contribution is 2.04. The van der Waals surface area contributed by atoms with Crippen LogP contribution in [-0.4, -0.2) is 41.2 Å². The van der Waals surface area contributed by atoms with Gasteiger partial charge in [0.2, 0.25) is 0 Å². The first-order chi connectivity index (χ1) is 7.42. The lowest BCUT2D eigenvalue weighted by Crippen LogP contribution is -2.39. The molecule has 0 aliphatic carbocycles. The molecule has 1 unspecified atom stereocenters. The van der Waals surface area contributed by atoms with E-state index < -0.39 is 0 Å². The van der Waals surface area contributed by atoms with Crippen LogP contribution in [0.25, 0.3) is 0 Å². The van der Waals surface area contributed by atoms with E-state index >= 15 is 0 Å². The smallest absolute Gasteiger partial charge is 0.410 e. The number of amides is 1. The zero-order valence-electron chi connectivity index (χ0n) is 10.3. The Morgan fingerprint density at radius 3 is 2.44 bits per heavy atom. The van der Waals surface area contributed by atoms with Crippen molar-refractivity contribution >= 4 is 11.9 Å². The number of nitrogens with zero attached hydrogens (tertiary/aromatic N) is 2. The van der Waals surface area contributed by atoms with Crippen LogP contribution in [0, 0.1) is 5.92 Å². The van der Waals surface area contributed by atoms with Crippen LogP contribution in [0.2, 0.25) is 0 Å². The predicted molar refractivity (Wildman–Crippen MR) is 61.4 cm³/mol. The summed E-state index contributed by atoms with van der Waals surface area (Å²) in [6.45, 7) is 8.10. The summed E-state index contributed by atoms with van der Waals surface area (Å²) in [6.07, 6.45) is -0.532. The predicted octanol–water partition coefficient (Wildman–Crippen LogP) is 1.24. The number of ether oxygens (including phenoxy) is 1. The quantitative estimate of drug-likeness (QED) is 0.322. The number of nitrogens with two attached hydrogens (primary N) is 1. The van der Waals surface area contributed by atoms with E-state index in [4.69, 9.17) is 15.7 Å². The normalized spacial score (nSPS) is 13.7. The minimum atomic E-state index is -0.380. The molecule has 0 fully saturated rings. The Kier molecular flexibility index (Phi) is 6.29.